The summed E-state index contributed by atoms with van der Waals surface area (Å²) in [5.74, 6) is -3.02. The van der Waals surface area contributed by atoms with Crippen molar-refractivity contribution in [3.05, 3.63) is 40.4 Å². The van der Waals surface area contributed by atoms with Gasteiger partial charge in [0.25, 0.3) is 6.43 Å². The van der Waals surface area contributed by atoms with E-state index in [1.165, 1.54) is 0 Å². The van der Waals surface area contributed by atoms with E-state index in [1.54, 1.807) is 0 Å². The standard InChI is InChI=1S/C14H7F6N3O3/c15-6-2-1-5(10-9(6)23-13(24)26-10)7-3-21-12(25-4-8(16)17)11(22-7)14(18,19)20/h1-3,8H,4H2,(H,23,24). The average molecular weight is 379 g/mol. The number of rotatable bonds is 4. The highest BCUT2D eigenvalue weighted by atomic mass is 19.4. The number of alkyl halides is 5. The number of benzene rings is 1. The Hall–Kier alpha value is -3.05. The summed E-state index contributed by atoms with van der Waals surface area (Å²) in [6.07, 6.45) is -7.27. The number of hydrogen-bond donors (Lipinski definition) is 1. The van der Waals surface area contributed by atoms with Crippen molar-refractivity contribution in [2.24, 2.45) is 0 Å². The molecule has 1 aromatic carbocycles. The van der Waals surface area contributed by atoms with Crippen LogP contribution >= 0.6 is 0 Å². The van der Waals surface area contributed by atoms with Gasteiger partial charge in [-0.25, -0.2) is 27.9 Å². The number of ether oxygens (including phenoxy) is 1. The predicted molar refractivity (Wildman–Crippen MR) is 74.3 cm³/mol. The second-order valence-electron chi connectivity index (χ2n) is 4.92. The zero-order valence-corrected chi connectivity index (χ0v) is 12.4. The van der Waals surface area contributed by atoms with Crippen LogP contribution in [0, 0.1) is 5.82 Å². The summed E-state index contributed by atoms with van der Waals surface area (Å²) >= 11 is 0. The van der Waals surface area contributed by atoms with Crippen molar-refractivity contribution in [2.75, 3.05) is 6.61 Å². The Kier molecular flexibility index (Phi) is 4.34. The normalized spacial score (nSPS) is 12.1. The van der Waals surface area contributed by atoms with Crippen molar-refractivity contribution < 1.29 is 35.5 Å². The van der Waals surface area contributed by atoms with E-state index in [0.717, 1.165) is 18.3 Å². The first-order chi connectivity index (χ1) is 12.2. The smallest absolute Gasteiger partial charge is 0.438 e. The Labute approximate surface area is 139 Å². The van der Waals surface area contributed by atoms with Crippen molar-refractivity contribution in [1.82, 2.24) is 15.0 Å². The van der Waals surface area contributed by atoms with Crippen LogP contribution in [0.3, 0.4) is 0 Å². The molecule has 0 saturated heterocycles. The monoisotopic (exact) mass is 379 g/mol. The molecule has 2 heterocycles. The van der Waals surface area contributed by atoms with Gasteiger partial charge in [-0.3, -0.25) is 4.98 Å². The molecule has 12 heteroatoms. The molecule has 0 saturated carbocycles. The van der Waals surface area contributed by atoms with Gasteiger partial charge >= 0.3 is 11.9 Å². The summed E-state index contributed by atoms with van der Waals surface area (Å²) in [6, 6.07) is 1.93. The highest BCUT2D eigenvalue weighted by Crippen LogP contribution is 2.36. The molecule has 2 aromatic heterocycles. The first-order valence-electron chi connectivity index (χ1n) is 6.83. The number of hydrogen-bond acceptors (Lipinski definition) is 5. The topological polar surface area (TPSA) is 81.0 Å². The van der Waals surface area contributed by atoms with Gasteiger partial charge in [-0.15, -0.1) is 0 Å². The minimum atomic E-state index is -5.06. The van der Waals surface area contributed by atoms with E-state index in [1.807, 2.05) is 0 Å². The summed E-state index contributed by atoms with van der Waals surface area (Å²) in [4.78, 5) is 20.0. The molecule has 26 heavy (non-hydrogen) atoms. The Morgan fingerprint density at radius 2 is 2.00 bits per heavy atom. The molecule has 0 unspecified atom stereocenters. The molecular formula is C14H7F6N3O3. The molecule has 0 aliphatic carbocycles. The summed E-state index contributed by atoms with van der Waals surface area (Å²) in [5.41, 5.74) is -2.95. The van der Waals surface area contributed by atoms with Crippen LogP contribution in [0.5, 0.6) is 5.88 Å². The second kappa shape index (κ2) is 6.35. The van der Waals surface area contributed by atoms with Crippen LogP contribution in [-0.2, 0) is 6.18 Å². The van der Waals surface area contributed by atoms with Crippen LogP contribution in [0.1, 0.15) is 5.69 Å². The van der Waals surface area contributed by atoms with E-state index in [9.17, 15) is 31.1 Å². The van der Waals surface area contributed by atoms with Gasteiger partial charge in [-0.2, -0.15) is 13.2 Å². The molecule has 0 atom stereocenters. The molecule has 0 fully saturated rings. The molecule has 0 aliphatic heterocycles. The van der Waals surface area contributed by atoms with Crippen molar-refractivity contribution >= 4 is 11.1 Å². The fraction of sp³-hybridized carbons (Fsp3) is 0.214. The summed E-state index contributed by atoms with van der Waals surface area (Å²) in [7, 11) is 0. The largest absolute Gasteiger partial charge is 0.470 e. The van der Waals surface area contributed by atoms with Crippen LogP contribution in [0.2, 0.25) is 0 Å². The number of aromatic nitrogens is 3. The van der Waals surface area contributed by atoms with Gasteiger partial charge in [0, 0.05) is 5.56 Å². The molecule has 0 radical (unpaired) electrons. The molecule has 1 N–H and O–H groups in total. The number of H-pyrrole nitrogens is 1. The van der Waals surface area contributed by atoms with Gasteiger partial charge in [0.1, 0.15) is 5.52 Å². The maximum absolute atomic E-state index is 13.7. The molecule has 0 amide bonds. The van der Waals surface area contributed by atoms with Crippen LogP contribution in [0.25, 0.3) is 22.4 Å². The third kappa shape index (κ3) is 3.34. The fourth-order valence-electron chi connectivity index (χ4n) is 2.14. The summed E-state index contributed by atoms with van der Waals surface area (Å²) < 4.78 is 86.5. The van der Waals surface area contributed by atoms with E-state index in [4.69, 9.17) is 4.42 Å². The number of fused-ring (bicyclic) bond motifs is 1. The summed E-state index contributed by atoms with van der Waals surface area (Å²) in [5, 5.41) is 0. The number of nitrogens with zero attached hydrogens (tertiary/aromatic N) is 2. The SMILES string of the molecule is O=c1[nH]c2c(F)ccc(-c3cnc(OCC(F)F)c(C(F)(F)F)n3)c2o1. The Bertz CT molecular complexity index is 1010. The van der Waals surface area contributed by atoms with Gasteiger partial charge in [-0.1, -0.05) is 0 Å². The fourth-order valence-corrected chi connectivity index (χ4v) is 2.14. The van der Waals surface area contributed by atoms with Crippen LogP contribution in [0.4, 0.5) is 26.3 Å². The van der Waals surface area contributed by atoms with E-state index in [2.05, 4.69) is 19.7 Å². The molecule has 3 aromatic rings. The minimum absolute atomic E-state index is 0.154. The molecule has 0 aliphatic rings. The lowest BCUT2D eigenvalue weighted by atomic mass is 10.1. The second-order valence-corrected chi connectivity index (χ2v) is 4.92. The summed E-state index contributed by atoms with van der Waals surface area (Å²) in [6.45, 7) is -1.30. The number of aromatic amines is 1. The zero-order valence-electron chi connectivity index (χ0n) is 12.4. The lowest BCUT2D eigenvalue weighted by Gasteiger charge is -2.13. The Balaban J connectivity index is 2.15. The lowest BCUT2D eigenvalue weighted by Crippen LogP contribution is -2.16. The third-order valence-electron chi connectivity index (χ3n) is 3.16. The number of nitrogens with one attached hydrogen (secondary N) is 1. The van der Waals surface area contributed by atoms with Gasteiger partial charge in [0.05, 0.1) is 11.9 Å². The zero-order chi connectivity index (χ0) is 19.1. The highest BCUT2D eigenvalue weighted by Gasteiger charge is 2.38. The molecule has 0 bridgehead atoms. The van der Waals surface area contributed by atoms with Crippen LogP contribution in [0.15, 0.2) is 27.5 Å². The van der Waals surface area contributed by atoms with Crippen LogP contribution < -0.4 is 10.5 Å². The minimum Gasteiger partial charge on any atom is -0.470 e. The molecule has 3 rings (SSSR count). The van der Waals surface area contributed by atoms with E-state index < -0.39 is 48.0 Å². The van der Waals surface area contributed by atoms with Gasteiger partial charge in [-0.05, 0) is 12.1 Å². The third-order valence-corrected chi connectivity index (χ3v) is 3.16. The molecule has 138 valence electrons. The van der Waals surface area contributed by atoms with Crippen molar-refractivity contribution in [2.45, 2.75) is 12.6 Å². The highest BCUT2D eigenvalue weighted by molar-refractivity contribution is 5.89. The van der Waals surface area contributed by atoms with E-state index in [-0.39, 0.29) is 16.7 Å². The molecule has 6 nitrogen and oxygen atoms in total. The number of halogens is 6. The van der Waals surface area contributed by atoms with E-state index >= 15 is 0 Å². The van der Waals surface area contributed by atoms with Gasteiger partial charge in [0.2, 0.25) is 11.6 Å². The first-order valence-corrected chi connectivity index (χ1v) is 6.83. The maximum atomic E-state index is 13.7. The molecule has 0 spiro atoms. The van der Waals surface area contributed by atoms with Crippen molar-refractivity contribution in [1.29, 1.82) is 0 Å². The predicted octanol–water partition coefficient (Wildman–Crippen LogP) is 3.38. The van der Waals surface area contributed by atoms with Crippen LogP contribution in [-0.4, -0.2) is 28.0 Å². The van der Waals surface area contributed by atoms with Crippen molar-refractivity contribution in [3.63, 3.8) is 0 Å². The van der Waals surface area contributed by atoms with E-state index in [0.29, 0.717) is 0 Å². The van der Waals surface area contributed by atoms with Gasteiger partial charge in [0.15, 0.2) is 18.0 Å². The Morgan fingerprint density at radius 3 is 2.65 bits per heavy atom. The Morgan fingerprint density at radius 1 is 1.27 bits per heavy atom. The lowest BCUT2D eigenvalue weighted by molar-refractivity contribution is -0.143. The average Bonchev–Trinajstić information content (AvgIpc) is 2.95. The van der Waals surface area contributed by atoms with Crippen molar-refractivity contribution in [3.8, 4) is 17.1 Å². The maximum Gasteiger partial charge on any atom is 0.438 e. The molecular weight excluding hydrogens is 372 g/mol. The quantitative estimate of drug-likeness (QED) is 0.703. The van der Waals surface area contributed by atoms with Gasteiger partial charge < -0.3 is 9.15 Å². The first kappa shape index (κ1) is 17.8. The number of oxazole rings is 1.